The summed E-state index contributed by atoms with van der Waals surface area (Å²) in [6, 6.07) is 5.40. The largest absolute Gasteiger partial charge is 0.486 e. The number of anilines is 1. The van der Waals surface area contributed by atoms with Crippen molar-refractivity contribution in [3.8, 4) is 5.75 Å². The summed E-state index contributed by atoms with van der Waals surface area (Å²) in [5, 5.41) is 3.16. The molecule has 0 bridgehead atoms. The summed E-state index contributed by atoms with van der Waals surface area (Å²) < 4.78 is 16.6. The molecule has 0 aliphatic carbocycles. The number of hydrogen-bond acceptors (Lipinski definition) is 7. The lowest BCUT2D eigenvalue weighted by Gasteiger charge is -2.29. The first kappa shape index (κ1) is 25.9. The lowest BCUT2D eigenvalue weighted by Crippen LogP contribution is -2.39. The van der Waals surface area contributed by atoms with Crippen LogP contribution in [-0.4, -0.2) is 64.9 Å². The Labute approximate surface area is 215 Å². The van der Waals surface area contributed by atoms with Crippen LogP contribution in [0.3, 0.4) is 0 Å². The van der Waals surface area contributed by atoms with Gasteiger partial charge in [0.2, 0.25) is 5.91 Å². The molecule has 0 spiro atoms. The zero-order valence-electron chi connectivity index (χ0n) is 20.8. The van der Waals surface area contributed by atoms with Crippen molar-refractivity contribution < 1.29 is 23.8 Å². The highest BCUT2D eigenvalue weighted by Crippen LogP contribution is 2.28. The van der Waals surface area contributed by atoms with Crippen molar-refractivity contribution in [3.63, 3.8) is 0 Å². The molecule has 4 heterocycles. The van der Waals surface area contributed by atoms with E-state index in [1.807, 2.05) is 39.0 Å². The summed E-state index contributed by atoms with van der Waals surface area (Å²) in [5.74, 6) is 0.610. The summed E-state index contributed by atoms with van der Waals surface area (Å²) in [6.07, 6.45) is 6.40. The maximum atomic E-state index is 12.6. The summed E-state index contributed by atoms with van der Waals surface area (Å²) in [6.45, 7) is 7.78. The molecule has 9 nitrogen and oxygen atoms in total. The Kier molecular flexibility index (Phi) is 8.11. The molecule has 1 unspecified atom stereocenters. The first-order chi connectivity index (χ1) is 17.2. The van der Waals surface area contributed by atoms with Gasteiger partial charge in [-0.1, -0.05) is 23.7 Å². The lowest BCUT2D eigenvalue weighted by molar-refractivity contribution is -0.115. The van der Waals surface area contributed by atoms with Gasteiger partial charge in [0, 0.05) is 31.8 Å². The SMILES string of the molecule is CC(C)(C)OC(=O)N1CC=C(c2ccc(CC(=O)Nc3cc(OC4CCOC4)c(Cl)cn3)cn2)CC1. The average Bonchev–Trinajstić information content (AvgIpc) is 3.34. The molecule has 0 saturated carbocycles. The van der Waals surface area contributed by atoms with Gasteiger partial charge in [-0.15, -0.1) is 0 Å². The van der Waals surface area contributed by atoms with Gasteiger partial charge in [-0.25, -0.2) is 9.78 Å². The number of carbonyl (C=O) groups excluding carboxylic acids is 2. The Morgan fingerprint density at radius 2 is 2.08 bits per heavy atom. The van der Waals surface area contributed by atoms with Crippen molar-refractivity contribution in [2.24, 2.45) is 0 Å². The van der Waals surface area contributed by atoms with E-state index in [2.05, 4.69) is 15.3 Å². The molecule has 1 fully saturated rings. The zero-order chi connectivity index (χ0) is 25.7. The molecule has 1 saturated heterocycles. The quantitative estimate of drug-likeness (QED) is 0.605. The Bertz CT molecular complexity index is 1120. The van der Waals surface area contributed by atoms with Crippen LogP contribution >= 0.6 is 11.6 Å². The first-order valence-corrected chi connectivity index (χ1v) is 12.4. The van der Waals surface area contributed by atoms with Crippen LogP contribution < -0.4 is 10.1 Å². The monoisotopic (exact) mass is 514 g/mol. The molecule has 10 heteroatoms. The van der Waals surface area contributed by atoms with E-state index in [1.165, 1.54) is 6.20 Å². The van der Waals surface area contributed by atoms with E-state index in [4.69, 9.17) is 25.8 Å². The number of rotatable bonds is 6. The number of nitrogens with zero attached hydrogens (tertiary/aromatic N) is 3. The van der Waals surface area contributed by atoms with Crippen molar-refractivity contribution in [2.45, 2.75) is 51.7 Å². The molecule has 4 rings (SSSR count). The van der Waals surface area contributed by atoms with E-state index in [0.717, 1.165) is 23.3 Å². The van der Waals surface area contributed by atoms with Crippen molar-refractivity contribution in [3.05, 3.63) is 52.9 Å². The average molecular weight is 515 g/mol. The standard InChI is InChI=1S/C26H31ClN4O5/c1-26(2,3)36-25(33)31-9-6-18(7-10-31)21-5-4-17(14-28-21)12-24(32)30-23-13-22(20(27)15-29-23)35-19-8-11-34-16-19/h4-6,13-15,19H,7-12,16H2,1-3H3,(H,29,30,32). The van der Waals surface area contributed by atoms with Gasteiger partial charge in [-0.3, -0.25) is 9.78 Å². The molecular weight excluding hydrogens is 484 g/mol. The summed E-state index contributed by atoms with van der Waals surface area (Å²) >= 11 is 6.19. The molecule has 0 radical (unpaired) electrons. The highest BCUT2D eigenvalue weighted by Gasteiger charge is 2.24. The second kappa shape index (κ2) is 11.3. The number of amides is 2. The fraction of sp³-hybridized carbons (Fsp3) is 0.462. The molecule has 192 valence electrons. The molecule has 1 atom stereocenters. The number of pyridine rings is 2. The third kappa shape index (κ3) is 7.18. The third-order valence-corrected chi connectivity index (χ3v) is 5.93. The van der Waals surface area contributed by atoms with Crippen LogP contribution in [0.25, 0.3) is 5.57 Å². The van der Waals surface area contributed by atoms with E-state index in [9.17, 15) is 9.59 Å². The smallest absolute Gasteiger partial charge is 0.410 e. The highest BCUT2D eigenvalue weighted by atomic mass is 35.5. The van der Waals surface area contributed by atoms with E-state index >= 15 is 0 Å². The van der Waals surface area contributed by atoms with Gasteiger partial charge in [-0.05, 0) is 44.4 Å². The lowest BCUT2D eigenvalue weighted by atomic mass is 10.0. The normalized spacial score (nSPS) is 17.9. The van der Waals surface area contributed by atoms with Gasteiger partial charge in [0.1, 0.15) is 28.3 Å². The molecule has 36 heavy (non-hydrogen) atoms. The van der Waals surface area contributed by atoms with Crippen LogP contribution in [0.5, 0.6) is 5.75 Å². The van der Waals surface area contributed by atoms with Gasteiger partial charge in [-0.2, -0.15) is 0 Å². The van der Waals surface area contributed by atoms with Crippen LogP contribution in [0, 0.1) is 0 Å². The minimum absolute atomic E-state index is 0.0577. The van der Waals surface area contributed by atoms with Gasteiger partial charge < -0.3 is 24.4 Å². The number of nitrogens with one attached hydrogen (secondary N) is 1. The Morgan fingerprint density at radius 1 is 1.25 bits per heavy atom. The summed E-state index contributed by atoms with van der Waals surface area (Å²) in [5.41, 5.74) is 2.16. The molecule has 2 aromatic rings. The van der Waals surface area contributed by atoms with Crippen LogP contribution in [0.1, 0.15) is 44.9 Å². The van der Waals surface area contributed by atoms with Crippen LogP contribution in [0.15, 0.2) is 36.7 Å². The topological polar surface area (TPSA) is 103 Å². The second-order valence-electron chi connectivity index (χ2n) is 9.79. The molecule has 2 amide bonds. The maximum Gasteiger partial charge on any atom is 0.410 e. The van der Waals surface area contributed by atoms with E-state index in [0.29, 0.717) is 49.3 Å². The summed E-state index contributed by atoms with van der Waals surface area (Å²) in [7, 11) is 0. The Morgan fingerprint density at radius 3 is 2.72 bits per heavy atom. The van der Waals surface area contributed by atoms with Crippen LogP contribution in [0.4, 0.5) is 10.6 Å². The number of aromatic nitrogens is 2. The minimum Gasteiger partial charge on any atom is -0.486 e. The van der Waals surface area contributed by atoms with Gasteiger partial charge in [0.15, 0.2) is 0 Å². The van der Waals surface area contributed by atoms with E-state index < -0.39 is 5.60 Å². The first-order valence-electron chi connectivity index (χ1n) is 12.0. The molecule has 2 aliphatic rings. The maximum absolute atomic E-state index is 12.6. The van der Waals surface area contributed by atoms with Crippen molar-refractivity contribution in [1.29, 1.82) is 0 Å². The molecular formula is C26H31ClN4O5. The van der Waals surface area contributed by atoms with Crippen molar-refractivity contribution >= 4 is 35.0 Å². The predicted octanol–water partition coefficient (Wildman–Crippen LogP) is 4.50. The fourth-order valence-corrected chi connectivity index (χ4v) is 4.00. The summed E-state index contributed by atoms with van der Waals surface area (Å²) in [4.78, 5) is 35.2. The number of ether oxygens (including phenoxy) is 3. The van der Waals surface area contributed by atoms with Crippen molar-refractivity contribution in [2.75, 3.05) is 31.6 Å². The van der Waals surface area contributed by atoms with Crippen LogP contribution in [-0.2, 0) is 20.7 Å². The Hall–Kier alpha value is -3.17. The minimum atomic E-state index is -0.519. The molecule has 1 N–H and O–H groups in total. The van der Waals surface area contributed by atoms with Crippen molar-refractivity contribution in [1.82, 2.24) is 14.9 Å². The Balaban J connectivity index is 1.30. The van der Waals surface area contributed by atoms with E-state index in [-0.39, 0.29) is 24.5 Å². The highest BCUT2D eigenvalue weighted by molar-refractivity contribution is 6.32. The van der Waals surface area contributed by atoms with Gasteiger partial charge in [0.05, 0.1) is 31.5 Å². The molecule has 2 aromatic heterocycles. The molecule has 2 aliphatic heterocycles. The third-order valence-electron chi connectivity index (χ3n) is 5.65. The fourth-order valence-electron chi connectivity index (χ4n) is 3.85. The second-order valence-corrected chi connectivity index (χ2v) is 10.2. The van der Waals surface area contributed by atoms with Gasteiger partial charge >= 0.3 is 6.09 Å². The number of carbonyl (C=O) groups is 2. The number of hydrogen-bond donors (Lipinski definition) is 1. The van der Waals surface area contributed by atoms with E-state index in [1.54, 1.807) is 17.2 Å². The van der Waals surface area contributed by atoms with Crippen LogP contribution in [0.2, 0.25) is 5.02 Å². The zero-order valence-corrected chi connectivity index (χ0v) is 21.5. The molecule has 0 aromatic carbocycles. The number of halogens is 1. The predicted molar refractivity (Wildman–Crippen MR) is 136 cm³/mol. The van der Waals surface area contributed by atoms with Gasteiger partial charge in [0.25, 0.3) is 0 Å².